The molecule has 0 aromatic carbocycles. The van der Waals surface area contributed by atoms with Crippen molar-refractivity contribution in [3.63, 3.8) is 0 Å². The van der Waals surface area contributed by atoms with Crippen LogP contribution in [0.4, 0.5) is 4.79 Å². The fourth-order valence-electron chi connectivity index (χ4n) is 3.42. The Morgan fingerprint density at radius 2 is 2.10 bits per heavy atom. The topological polar surface area (TPSA) is 78.4 Å². The first-order chi connectivity index (χ1) is 9.85. The van der Waals surface area contributed by atoms with E-state index < -0.39 is 11.5 Å². The molecule has 2 aliphatic rings. The normalized spacial score (nSPS) is 36.2. The number of nitrogens with one attached hydrogen (secondary N) is 2. The van der Waals surface area contributed by atoms with Crippen LogP contribution < -0.4 is 10.6 Å². The highest BCUT2D eigenvalue weighted by Crippen LogP contribution is 2.37. The Bertz CT molecular complexity index is 410. The van der Waals surface area contributed by atoms with Crippen LogP contribution in [0.5, 0.6) is 0 Å². The van der Waals surface area contributed by atoms with Crippen LogP contribution in [0.1, 0.15) is 52.4 Å². The van der Waals surface area contributed by atoms with Crippen LogP contribution in [0.2, 0.25) is 0 Å². The van der Waals surface area contributed by atoms with Crippen LogP contribution in [0.3, 0.4) is 0 Å². The monoisotopic (exact) mass is 314 g/mol. The molecule has 3 unspecified atom stereocenters. The first kappa shape index (κ1) is 16.5. The molecule has 120 valence electrons. The average Bonchev–Trinajstić information content (AvgIpc) is 2.84. The van der Waals surface area contributed by atoms with Crippen LogP contribution in [0.25, 0.3) is 0 Å². The molecule has 5 nitrogen and oxygen atoms in total. The summed E-state index contributed by atoms with van der Waals surface area (Å²) in [4.78, 5) is 23.8. The molecule has 6 heteroatoms. The molecule has 0 bridgehead atoms. The molecule has 1 aliphatic carbocycles. The Morgan fingerprint density at radius 1 is 1.33 bits per heavy atom. The van der Waals surface area contributed by atoms with Crippen LogP contribution in [-0.4, -0.2) is 39.7 Å². The molecule has 2 rings (SSSR count). The molecule has 3 N–H and O–H groups in total. The van der Waals surface area contributed by atoms with Crippen molar-refractivity contribution in [1.82, 2.24) is 10.6 Å². The number of amides is 2. The van der Waals surface area contributed by atoms with Gasteiger partial charge in [0.05, 0.1) is 0 Å². The van der Waals surface area contributed by atoms with Crippen LogP contribution >= 0.6 is 11.8 Å². The SMILES string of the molecule is CC1CCCC(NC(=O)NCC2(C)CCCS2)(C(=O)O)C1. The van der Waals surface area contributed by atoms with E-state index in [0.29, 0.717) is 25.3 Å². The Balaban J connectivity index is 1.91. The second-order valence-electron chi connectivity index (χ2n) is 6.80. The quantitative estimate of drug-likeness (QED) is 0.745. The van der Waals surface area contributed by atoms with E-state index in [2.05, 4.69) is 17.6 Å². The van der Waals surface area contributed by atoms with Crippen molar-refractivity contribution in [3.8, 4) is 0 Å². The van der Waals surface area contributed by atoms with Gasteiger partial charge in [-0.2, -0.15) is 11.8 Å². The highest BCUT2D eigenvalue weighted by atomic mass is 32.2. The number of carboxylic acid groups (broad SMARTS) is 1. The maximum absolute atomic E-state index is 12.1. The van der Waals surface area contributed by atoms with Gasteiger partial charge in [0.25, 0.3) is 0 Å². The standard InChI is InChI=1S/C15H26N2O3S/c1-11-5-3-7-15(9-11,12(18)19)17-13(20)16-10-14(2)6-4-8-21-14/h11H,3-10H2,1-2H3,(H,18,19)(H2,16,17,20). The number of rotatable bonds is 4. The predicted molar refractivity (Wildman–Crippen MR) is 84.6 cm³/mol. The number of hydrogen-bond acceptors (Lipinski definition) is 3. The van der Waals surface area contributed by atoms with Gasteiger partial charge < -0.3 is 15.7 Å². The van der Waals surface area contributed by atoms with Gasteiger partial charge in [0.2, 0.25) is 0 Å². The molecule has 1 saturated heterocycles. The van der Waals surface area contributed by atoms with Crippen LogP contribution in [0.15, 0.2) is 0 Å². The molecule has 2 amide bonds. The Kier molecular flexibility index (Phi) is 5.07. The highest BCUT2D eigenvalue weighted by molar-refractivity contribution is 8.00. The molecule has 21 heavy (non-hydrogen) atoms. The lowest BCUT2D eigenvalue weighted by Gasteiger charge is -2.37. The molecule has 0 aromatic heterocycles. The summed E-state index contributed by atoms with van der Waals surface area (Å²) >= 11 is 1.88. The first-order valence-corrected chi connectivity index (χ1v) is 8.77. The van der Waals surface area contributed by atoms with E-state index in [1.807, 2.05) is 18.7 Å². The summed E-state index contributed by atoms with van der Waals surface area (Å²) in [6.45, 7) is 4.79. The second-order valence-corrected chi connectivity index (χ2v) is 8.48. The number of hydrogen-bond donors (Lipinski definition) is 3. The summed E-state index contributed by atoms with van der Waals surface area (Å²) < 4.78 is 0.0909. The number of carbonyl (C=O) groups is 2. The maximum atomic E-state index is 12.1. The van der Waals surface area contributed by atoms with Crippen LogP contribution in [0, 0.1) is 5.92 Å². The minimum absolute atomic E-state index is 0.0909. The Hall–Kier alpha value is -0.910. The van der Waals surface area contributed by atoms with Gasteiger partial charge in [0, 0.05) is 11.3 Å². The first-order valence-electron chi connectivity index (χ1n) is 7.79. The minimum Gasteiger partial charge on any atom is -0.480 e. The zero-order valence-corrected chi connectivity index (χ0v) is 13.7. The van der Waals surface area contributed by atoms with E-state index in [-0.39, 0.29) is 10.8 Å². The summed E-state index contributed by atoms with van der Waals surface area (Å²) in [6, 6.07) is -0.347. The van der Waals surface area contributed by atoms with Crippen LogP contribution in [-0.2, 0) is 4.79 Å². The van der Waals surface area contributed by atoms with Crippen molar-refractivity contribution in [2.24, 2.45) is 5.92 Å². The zero-order valence-electron chi connectivity index (χ0n) is 12.9. The number of carboxylic acids is 1. The van der Waals surface area contributed by atoms with Gasteiger partial charge in [-0.05, 0) is 44.3 Å². The highest BCUT2D eigenvalue weighted by Gasteiger charge is 2.43. The third kappa shape index (κ3) is 4.05. The Morgan fingerprint density at radius 3 is 2.67 bits per heavy atom. The van der Waals surface area contributed by atoms with Gasteiger partial charge in [-0.3, -0.25) is 0 Å². The lowest BCUT2D eigenvalue weighted by molar-refractivity contribution is -0.146. The van der Waals surface area contributed by atoms with Gasteiger partial charge in [-0.25, -0.2) is 9.59 Å². The maximum Gasteiger partial charge on any atom is 0.329 e. The predicted octanol–water partition coefficient (Wildman–Crippen LogP) is 2.60. The molecule has 0 radical (unpaired) electrons. The van der Waals surface area contributed by atoms with Gasteiger partial charge in [-0.15, -0.1) is 0 Å². The van der Waals surface area contributed by atoms with Crippen molar-refractivity contribution < 1.29 is 14.7 Å². The number of thioether (sulfide) groups is 1. The van der Waals surface area contributed by atoms with Gasteiger partial charge in [0.1, 0.15) is 5.54 Å². The van der Waals surface area contributed by atoms with E-state index in [0.717, 1.165) is 25.0 Å². The molecule has 1 aliphatic heterocycles. The molecular formula is C15H26N2O3S. The smallest absolute Gasteiger partial charge is 0.329 e. The van der Waals surface area contributed by atoms with Crippen molar-refractivity contribution >= 4 is 23.8 Å². The number of urea groups is 1. The van der Waals surface area contributed by atoms with Gasteiger partial charge in [0.15, 0.2) is 0 Å². The molecule has 3 atom stereocenters. The van der Waals surface area contributed by atoms with Crippen molar-refractivity contribution in [3.05, 3.63) is 0 Å². The number of carbonyl (C=O) groups excluding carboxylic acids is 1. The lowest BCUT2D eigenvalue weighted by Crippen LogP contribution is -2.59. The van der Waals surface area contributed by atoms with E-state index in [4.69, 9.17) is 0 Å². The van der Waals surface area contributed by atoms with Gasteiger partial charge >= 0.3 is 12.0 Å². The molecule has 1 saturated carbocycles. The number of aliphatic carboxylic acids is 1. The van der Waals surface area contributed by atoms with E-state index in [9.17, 15) is 14.7 Å². The van der Waals surface area contributed by atoms with Crippen molar-refractivity contribution in [2.45, 2.75) is 62.7 Å². The summed E-state index contributed by atoms with van der Waals surface area (Å²) in [7, 11) is 0. The second kappa shape index (κ2) is 6.46. The molecule has 0 spiro atoms. The summed E-state index contributed by atoms with van der Waals surface area (Å²) in [6.07, 6.45) is 5.20. The lowest BCUT2D eigenvalue weighted by atomic mass is 9.76. The molecule has 2 fully saturated rings. The summed E-state index contributed by atoms with van der Waals surface area (Å²) in [5.74, 6) is 0.555. The fraction of sp³-hybridized carbons (Fsp3) is 0.867. The third-order valence-electron chi connectivity index (χ3n) is 4.68. The fourth-order valence-corrected chi connectivity index (χ4v) is 4.66. The molecular weight excluding hydrogens is 288 g/mol. The zero-order chi connectivity index (χ0) is 15.5. The minimum atomic E-state index is -1.09. The van der Waals surface area contributed by atoms with Gasteiger partial charge in [-0.1, -0.05) is 19.8 Å². The van der Waals surface area contributed by atoms with Crippen molar-refractivity contribution in [2.75, 3.05) is 12.3 Å². The Labute approximate surface area is 130 Å². The molecule has 1 heterocycles. The van der Waals surface area contributed by atoms with E-state index >= 15 is 0 Å². The van der Waals surface area contributed by atoms with Crippen molar-refractivity contribution in [1.29, 1.82) is 0 Å². The largest absolute Gasteiger partial charge is 0.480 e. The molecule has 0 aromatic rings. The average molecular weight is 314 g/mol. The summed E-state index contributed by atoms with van der Waals surface area (Å²) in [5, 5.41) is 15.2. The van der Waals surface area contributed by atoms with E-state index in [1.165, 1.54) is 6.42 Å². The summed E-state index contributed by atoms with van der Waals surface area (Å²) in [5.41, 5.74) is -1.09. The third-order valence-corrected chi connectivity index (χ3v) is 6.22. The van der Waals surface area contributed by atoms with E-state index in [1.54, 1.807) is 0 Å².